The molecule has 2 N–H and O–H groups in total. The van der Waals surface area contributed by atoms with Crippen LogP contribution < -0.4 is 15.4 Å². The summed E-state index contributed by atoms with van der Waals surface area (Å²) in [7, 11) is 0. The van der Waals surface area contributed by atoms with E-state index in [0.29, 0.717) is 18.0 Å². The Bertz CT molecular complexity index is 498. The van der Waals surface area contributed by atoms with Crippen LogP contribution in [-0.4, -0.2) is 30.9 Å². The lowest BCUT2D eigenvalue weighted by atomic mass is 9.85. The summed E-state index contributed by atoms with van der Waals surface area (Å²) in [5.41, 5.74) is 0.648. The number of hydrogen-bond donors (Lipinski definition) is 2. The number of hydrogen-bond acceptors (Lipinski definition) is 3. The van der Waals surface area contributed by atoms with Gasteiger partial charge in [0.25, 0.3) is 0 Å². The molecule has 0 atom stereocenters. The normalized spacial score (nSPS) is 13.8. The van der Waals surface area contributed by atoms with E-state index in [1.54, 1.807) is 6.07 Å². The van der Waals surface area contributed by atoms with E-state index < -0.39 is 13.3 Å². The predicted molar refractivity (Wildman–Crippen MR) is 75.6 cm³/mol. The van der Waals surface area contributed by atoms with Gasteiger partial charge in [-0.2, -0.15) is 22.0 Å². The Labute approximate surface area is 135 Å². The summed E-state index contributed by atoms with van der Waals surface area (Å²) in [5, 5.41) is 5.45. The van der Waals surface area contributed by atoms with Crippen molar-refractivity contribution in [3.05, 3.63) is 23.9 Å². The van der Waals surface area contributed by atoms with Gasteiger partial charge in [0.1, 0.15) is 0 Å². The smallest absolute Gasteiger partial charge is 0.388 e. The minimum absolute atomic E-state index is 0.158. The minimum atomic E-state index is -3.67. The van der Waals surface area contributed by atoms with Crippen molar-refractivity contribution in [1.29, 1.82) is 0 Å². The standard InChI is InChI=1S/C13H17F2N3O2.CHF3/c14-12(15)20-11-6-10(4-5-16-11)8-18-13(19)17-7-9-2-1-3-9;2-1(3)4/h4-6,9,12H,1-3,7-8H2,(H2,17,18,19);1H. The largest absolute Gasteiger partial charge is 0.417 e. The van der Waals surface area contributed by atoms with Crippen molar-refractivity contribution in [3.63, 3.8) is 0 Å². The number of rotatable bonds is 6. The zero-order valence-corrected chi connectivity index (χ0v) is 12.7. The average molecular weight is 355 g/mol. The number of ether oxygens (including phenoxy) is 1. The van der Waals surface area contributed by atoms with Crippen molar-refractivity contribution in [1.82, 2.24) is 15.6 Å². The Hall–Kier alpha value is -2.13. The summed E-state index contributed by atoms with van der Waals surface area (Å²) >= 11 is 0. The number of nitrogens with one attached hydrogen (secondary N) is 2. The molecule has 1 heterocycles. The number of amides is 2. The number of carbonyl (C=O) groups excluding carboxylic acids is 1. The minimum Gasteiger partial charge on any atom is -0.417 e. The van der Waals surface area contributed by atoms with Crippen molar-refractivity contribution in [2.75, 3.05) is 6.54 Å². The van der Waals surface area contributed by atoms with Gasteiger partial charge in [-0.1, -0.05) is 6.42 Å². The molecule has 1 aliphatic carbocycles. The number of aromatic nitrogens is 1. The molecule has 0 radical (unpaired) electrons. The third kappa shape index (κ3) is 9.11. The molecule has 0 bridgehead atoms. The zero-order chi connectivity index (χ0) is 17.9. The molecular weight excluding hydrogens is 337 g/mol. The SMILES string of the molecule is FC(F)F.O=C(NCc1ccnc(OC(F)F)c1)NCC1CCC1. The van der Waals surface area contributed by atoms with E-state index in [0.717, 1.165) is 0 Å². The van der Waals surface area contributed by atoms with Crippen molar-refractivity contribution in [3.8, 4) is 5.88 Å². The summed E-state index contributed by atoms with van der Waals surface area (Å²) < 4.78 is 57.3. The molecule has 5 nitrogen and oxygen atoms in total. The van der Waals surface area contributed by atoms with Gasteiger partial charge in [-0.15, -0.1) is 0 Å². The first-order valence-corrected chi connectivity index (χ1v) is 7.20. The summed E-state index contributed by atoms with van der Waals surface area (Å²) in [6, 6.07) is 2.74. The highest BCUT2D eigenvalue weighted by Gasteiger charge is 2.17. The first-order valence-electron chi connectivity index (χ1n) is 7.20. The topological polar surface area (TPSA) is 63.2 Å². The van der Waals surface area contributed by atoms with Crippen LogP contribution in [0.4, 0.5) is 26.7 Å². The van der Waals surface area contributed by atoms with Crippen molar-refractivity contribution in [2.24, 2.45) is 5.92 Å². The second-order valence-corrected chi connectivity index (χ2v) is 4.99. The Morgan fingerprint density at radius 1 is 1.25 bits per heavy atom. The predicted octanol–water partition coefficient (Wildman–Crippen LogP) is 3.46. The molecule has 1 aliphatic rings. The first-order chi connectivity index (χ1) is 11.4. The molecule has 0 saturated heterocycles. The van der Waals surface area contributed by atoms with Gasteiger partial charge in [-0.25, -0.2) is 9.78 Å². The van der Waals surface area contributed by atoms with Crippen LogP contribution in [0.15, 0.2) is 18.3 Å². The number of carbonyl (C=O) groups is 1. The van der Waals surface area contributed by atoms with E-state index in [4.69, 9.17) is 0 Å². The number of alkyl halides is 5. The molecule has 24 heavy (non-hydrogen) atoms. The first kappa shape index (κ1) is 19.9. The zero-order valence-electron chi connectivity index (χ0n) is 12.7. The van der Waals surface area contributed by atoms with Gasteiger partial charge in [0.05, 0.1) is 0 Å². The molecule has 10 heteroatoms. The highest BCUT2D eigenvalue weighted by atomic mass is 19.4. The molecule has 1 aromatic heterocycles. The van der Waals surface area contributed by atoms with Gasteiger partial charge in [0.2, 0.25) is 5.88 Å². The second-order valence-electron chi connectivity index (χ2n) is 4.99. The van der Waals surface area contributed by atoms with Gasteiger partial charge in [0.15, 0.2) is 0 Å². The Morgan fingerprint density at radius 3 is 2.46 bits per heavy atom. The van der Waals surface area contributed by atoms with Crippen LogP contribution in [0.25, 0.3) is 0 Å². The van der Waals surface area contributed by atoms with Crippen molar-refractivity contribution in [2.45, 2.75) is 39.1 Å². The lowest BCUT2D eigenvalue weighted by Gasteiger charge is -2.25. The molecule has 0 aromatic carbocycles. The van der Waals surface area contributed by atoms with Crippen molar-refractivity contribution >= 4 is 6.03 Å². The monoisotopic (exact) mass is 355 g/mol. The molecule has 1 fully saturated rings. The van der Waals surface area contributed by atoms with Gasteiger partial charge in [-0.3, -0.25) is 0 Å². The fourth-order valence-electron chi connectivity index (χ4n) is 1.89. The summed E-state index contributed by atoms with van der Waals surface area (Å²) in [5.74, 6) is 0.432. The maximum absolute atomic E-state index is 12.0. The molecule has 2 rings (SSSR count). The molecule has 136 valence electrons. The van der Waals surface area contributed by atoms with Crippen LogP contribution >= 0.6 is 0 Å². The van der Waals surface area contributed by atoms with Gasteiger partial charge >= 0.3 is 19.3 Å². The molecule has 1 saturated carbocycles. The average Bonchev–Trinajstić information content (AvgIpc) is 2.42. The summed E-state index contributed by atoms with van der Waals surface area (Å²) in [6.45, 7) is -5.66. The van der Waals surface area contributed by atoms with Gasteiger partial charge < -0.3 is 15.4 Å². The highest BCUT2D eigenvalue weighted by molar-refractivity contribution is 5.73. The van der Waals surface area contributed by atoms with E-state index in [1.165, 1.54) is 31.5 Å². The number of pyridine rings is 1. The Balaban J connectivity index is 0.000000648. The number of nitrogens with zero attached hydrogens (tertiary/aromatic N) is 1. The second kappa shape index (κ2) is 10.6. The van der Waals surface area contributed by atoms with Gasteiger partial charge in [-0.05, 0) is 30.4 Å². The Morgan fingerprint density at radius 2 is 1.92 bits per heavy atom. The van der Waals surface area contributed by atoms with Crippen LogP contribution in [0.2, 0.25) is 0 Å². The summed E-state index contributed by atoms with van der Waals surface area (Å²) in [6.07, 6.45) is 4.93. The number of urea groups is 1. The molecule has 0 unspecified atom stereocenters. The van der Waals surface area contributed by atoms with Crippen LogP contribution in [0.5, 0.6) is 5.88 Å². The molecule has 2 amide bonds. The van der Waals surface area contributed by atoms with Crippen LogP contribution in [0.3, 0.4) is 0 Å². The fraction of sp³-hybridized carbons (Fsp3) is 0.571. The van der Waals surface area contributed by atoms with Gasteiger partial charge in [0, 0.05) is 25.4 Å². The van der Waals surface area contributed by atoms with E-state index in [1.807, 2.05) is 0 Å². The van der Waals surface area contributed by atoms with E-state index in [2.05, 4.69) is 20.4 Å². The molecular formula is C14H18F5N3O2. The molecule has 0 spiro atoms. The van der Waals surface area contributed by atoms with Crippen LogP contribution in [0, 0.1) is 5.92 Å². The lowest BCUT2D eigenvalue weighted by molar-refractivity contribution is -0.0529. The third-order valence-corrected chi connectivity index (χ3v) is 3.24. The van der Waals surface area contributed by atoms with E-state index in [-0.39, 0.29) is 18.5 Å². The molecule has 0 aliphatic heterocycles. The lowest BCUT2D eigenvalue weighted by Crippen LogP contribution is -2.39. The van der Waals surface area contributed by atoms with E-state index >= 15 is 0 Å². The van der Waals surface area contributed by atoms with Crippen molar-refractivity contribution < 1.29 is 31.5 Å². The highest BCUT2D eigenvalue weighted by Crippen LogP contribution is 2.25. The van der Waals surface area contributed by atoms with Crippen LogP contribution in [0.1, 0.15) is 24.8 Å². The maximum atomic E-state index is 12.0. The van der Waals surface area contributed by atoms with Crippen LogP contribution in [-0.2, 0) is 6.54 Å². The van der Waals surface area contributed by atoms with E-state index in [9.17, 15) is 26.7 Å². The number of halogens is 5. The maximum Gasteiger partial charge on any atom is 0.388 e. The quantitative estimate of drug-likeness (QED) is 0.768. The fourth-order valence-corrected chi connectivity index (χ4v) is 1.89. The third-order valence-electron chi connectivity index (χ3n) is 3.24. The summed E-state index contributed by atoms with van der Waals surface area (Å²) in [4.78, 5) is 15.2. The molecule has 1 aromatic rings. The Kier molecular flexibility index (Phi) is 8.80.